The summed E-state index contributed by atoms with van der Waals surface area (Å²) in [7, 11) is 0. The summed E-state index contributed by atoms with van der Waals surface area (Å²) < 4.78 is 0. The van der Waals surface area contributed by atoms with Crippen LogP contribution < -0.4 is 5.01 Å². The van der Waals surface area contributed by atoms with E-state index in [9.17, 15) is 0 Å². The smallest absolute Gasteiger partial charge is 0.0626 e. The van der Waals surface area contributed by atoms with Crippen LogP contribution >= 0.6 is 0 Å². The van der Waals surface area contributed by atoms with E-state index in [0.717, 1.165) is 18.7 Å². The summed E-state index contributed by atoms with van der Waals surface area (Å²) in [4.78, 5) is 0. The van der Waals surface area contributed by atoms with Crippen LogP contribution in [0.4, 0.5) is 5.69 Å². The molecule has 20 heavy (non-hydrogen) atoms. The zero-order valence-electron chi connectivity index (χ0n) is 12.1. The molecule has 0 aliphatic carbocycles. The van der Waals surface area contributed by atoms with Crippen molar-refractivity contribution in [2.45, 2.75) is 26.2 Å². The van der Waals surface area contributed by atoms with Gasteiger partial charge in [0.2, 0.25) is 0 Å². The van der Waals surface area contributed by atoms with Gasteiger partial charge in [0.25, 0.3) is 0 Å². The number of nitrogens with zero attached hydrogens (tertiary/aromatic N) is 2. The molecule has 1 aliphatic rings. The van der Waals surface area contributed by atoms with Gasteiger partial charge in [0.05, 0.1) is 5.69 Å². The molecule has 102 valence electrons. The fourth-order valence-corrected chi connectivity index (χ4v) is 2.86. The van der Waals surface area contributed by atoms with E-state index in [1.165, 1.54) is 16.8 Å². The summed E-state index contributed by atoms with van der Waals surface area (Å²) in [6.45, 7) is 5.05. The minimum Gasteiger partial charge on any atom is -0.265 e. The Labute approximate surface area is 120 Å². The molecule has 1 aliphatic heterocycles. The Kier molecular flexibility index (Phi) is 3.55. The van der Waals surface area contributed by atoms with Gasteiger partial charge < -0.3 is 0 Å². The third kappa shape index (κ3) is 2.60. The lowest BCUT2D eigenvalue weighted by molar-refractivity contribution is 0.620. The summed E-state index contributed by atoms with van der Waals surface area (Å²) in [5.74, 6) is 0.509. The largest absolute Gasteiger partial charge is 0.265 e. The van der Waals surface area contributed by atoms with E-state index in [1.54, 1.807) is 0 Å². The van der Waals surface area contributed by atoms with Crippen molar-refractivity contribution in [3.63, 3.8) is 0 Å². The molecule has 0 fully saturated rings. The van der Waals surface area contributed by atoms with E-state index in [-0.39, 0.29) is 0 Å². The Morgan fingerprint density at radius 3 is 2.45 bits per heavy atom. The second kappa shape index (κ2) is 5.49. The van der Waals surface area contributed by atoms with Crippen LogP contribution in [-0.4, -0.2) is 12.3 Å². The highest BCUT2D eigenvalue weighted by molar-refractivity contribution is 5.80. The Morgan fingerprint density at radius 1 is 1.00 bits per heavy atom. The van der Waals surface area contributed by atoms with Gasteiger partial charge in [0.1, 0.15) is 0 Å². The highest BCUT2D eigenvalue weighted by Gasteiger charge is 2.25. The van der Waals surface area contributed by atoms with E-state index in [2.05, 4.69) is 73.5 Å². The molecule has 1 unspecified atom stereocenters. The molecule has 2 heteroatoms. The number of para-hydroxylation sites is 1. The van der Waals surface area contributed by atoms with E-state index >= 15 is 0 Å². The van der Waals surface area contributed by atoms with Gasteiger partial charge in [-0.2, -0.15) is 5.10 Å². The molecule has 2 aromatic carbocycles. The Hall–Kier alpha value is -2.09. The number of benzene rings is 2. The first-order valence-electron chi connectivity index (χ1n) is 7.16. The number of anilines is 1. The SMILES string of the molecule is CC(C)=NN1CC(c2ccccc2)Cc2ccccc21. The number of fused-ring (bicyclic) bond motifs is 1. The second-order valence-electron chi connectivity index (χ2n) is 5.57. The molecule has 0 spiro atoms. The van der Waals surface area contributed by atoms with Crippen molar-refractivity contribution >= 4 is 11.4 Å². The monoisotopic (exact) mass is 264 g/mol. The van der Waals surface area contributed by atoms with Gasteiger partial charge >= 0.3 is 0 Å². The van der Waals surface area contributed by atoms with Crippen molar-refractivity contribution in [2.24, 2.45) is 5.10 Å². The van der Waals surface area contributed by atoms with Crippen molar-refractivity contribution < 1.29 is 0 Å². The second-order valence-corrected chi connectivity index (χ2v) is 5.57. The van der Waals surface area contributed by atoms with Gasteiger partial charge in [0, 0.05) is 18.2 Å². The fraction of sp³-hybridized carbons (Fsp3) is 0.278. The summed E-state index contributed by atoms with van der Waals surface area (Å²) in [5, 5.41) is 6.86. The first-order valence-corrected chi connectivity index (χ1v) is 7.16. The van der Waals surface area contributed by atoms with Crippen LogP contribution in [0.1, 0.15) is 30.9 Å². The predicted molar refractivity (Wildman–Crippen MR) is 85.5 cm³/mol. The highest BCUT2D eigenvalue weighted by atomic mass is 15.5. The summed E-state index contributed by atoms with van der Waals surface area (Å²) in [6.07, 6.45) is 1.09. The lowest BCUT2D eigenvalue weighted by atomic mass is 9.88. The average Bonchev–Trinajstić information content (AvgIpc) is 2.47. The minimum atomic E-state index is 0.509. The molecule has 1 heterocycles. The molecule has 0 N–H and O–H groups in total. The Bertz CT molecular complexity index is 612. The van der Waals surface area contributed by atoms with Crippen LogP contribution in [0.5, 0.6) is 0 Å². The van der Waals surface area contributed by atoms with E-state index in [1.807, 2.05) is 0 Å². The quantitative estimate of drug-likeness (QED) is 0.741. The lowest BCUT2D eigenvalue weighted by Gasteiger charge is -2.33. The first-order chi connectivity index (χ1) is 9.74. The molecule has 0 saturated carbocycles. The number of hydrogen-bond donors (Lipinski definition) is 0. The first kappa shape index (κ1) is 12.9. The molecule has 3 rings (SSSR count). The van der Waals surface area contributed by atoms with Gasteiger partial charge in [0.15, 0.2) is 0 Å². The lowest BCUT2D eigenvalue weighted by Crippen LogP contribution is -2.30. The number of hydrogen-bond acceptors (Lipinski definition) is 2. The third-order valence-corrected chi connectivity index (χ3v) is 3.72. The van der Waals surface area contributed by atoms with Crippen LogP contribution in [0.2, 0.25) is 0 Å². The van der Waals surface area contributed by atoms with E-state index < -0.39 is 0 Å². The summed E-state index contributed by atoms with van der Waals surface area (Å²) in [6, 6.07) is 19.4. The van der Waals surface area contributed by atoms with Gasteiger partial charge in [-0.05, 0) is 37.5 Å². The Morgan fingerprint density at radius 2 is 1.70 bits per heavy atom. The van der Waals surface area contributed by atoms with Gasteiger partial charge in [-0.25, -0.2) is 0 Å². The van der Waals surface area contributed by atoms with Crippen molar-refractivity contribution in [2.75, 3.05) is 11.6 Å². The number of hydrazone groups is 1. The van der Waals surface area contributed by atoms with E-state index in [0.29, 0.717) is 5.92 Å². The van der Waals surface area contributed by atoms with Gasteiger partial charge in [-0.15, -0.1) is 0 Å². The van der Waals surface area contributed by atoms with Gasteiger partial charge in [-0.1, -0.05) is 48.5 Å². The summed E-state index contributed by atoms with van der Waals surface area (Å²) >= 11 is 0. The van der Waals surface area contributed by atoms with Crippen LogP contribution in [0.3, 0.4) is 0 Å². The fourth-order valence-electron chi connectivity index (χ4n) is 2.86. The van der Waals surface area contributed by atoms with Crippen molar-refractivity contribution in [3.05, 3.63) is 65.7 Å². The molecule has 2 aromatic rings. The molecule has 0 amide bonds. The zero-order valence-corrected chi connectivity index (χ0v) is 12.1. The van der Waals surface area contributed by atoms with E-state index in [4.69, 9.17) is 5.10 Å². The zero-order chi connectivity index (χ0) is 13.9. The standard InChI is InChI=1S/C18H20N2/c1-14(2)19-20-13-17(15-8-4-3-5-9-15)12-16-10-6-7-11-18(16)20/h3-11,17H,12-13H2,1-2H3. The topological polar surface area (TPSA) is 15.6 Å². The molecule has 0 radical (unpaired) electrons. The summed E-state index contributed by atoms with van der Waals surface area (Å²) in [5.41, 5.74) is 5.13. The third-order valence-electron chi connectivity index (χ3n) is 3.72. The molecule has 0 saturated heterocycles. The molecular weight excluding hydrogens is 244 g/mol. The maximum absolute atomic E-state index is 4.70. The molecular formula is C18H20N2. The molecule has 0 aromatic heterocycles. The van der Waals surface area contributed by atoms with Crippen LogP contribution in [-0.2, 0) is 6.42 Å². The maximum Gasteiger partial charge on any atom is 0.0626 e. The minimum absolute atomic E-state index is 0.509. The number of rotatable bonds is 2. The van der Waals surface area contributed by atoms with Crippen LogP contribution in [0, 0.1) is 0 Å². The van der Waals surface area contributed by atoms with Crippen molar-refractivity contribution in [1.29, 1.82) is 0 Å². The van der Waals surface area contributed by atoms with Crippen LogP contribution in [0.25, 0.3) is 0 Å². The maximum atomic E-state index is 4.70. The highest BCUT2D eigenvalue weighted by Crippen LogP contribution is 2.34. The molecule has 0 bridgehead atoms. The normalized spacial score (nSPS) is 17.5. The predicted octanol–water partition coefficient (Wildman–Crippen LogP) is 4.23. The molecule has 1 atom stereocenters. The van der Waals surface area contributed by atoms with Crippen molar-refractivity contribution in [1.82, 2.24) is 0 Å². The van der Waals surface area contributed by atoms with Crippen molar-refractivity contribution in [3.8, 4) is 0 Å². The average molecular weight is 264 g/mol. The molecule has 2 nitrogen and oxygen atoms in total. The van der Waals surface area contributed by atoms with Gasteiger partial charge in [-0.3, -0.25) is 5.01 Å². The van der Waals surface area contributed by atoms with Crippen LogP contribution in [0.15, 0.2) is 59.7 Å². The Balaban J connectivity index is 1.98.